The number of carbonyl (C=O) groups excluding carboxylic acids is 2. The van der Waals surface area contributed by atoms with Gasteiger partial charge in [-0.2, -0.15) is 0 Å². The number of piperidine rings is 3. The van der Waals surface area contributed by atoms with Crippen LogP contribution in [0.1, 0.15) is 73.5 Å². The lowest BCUT2D eigenvalue weighted by atomic mass is 9.56. The van der Waals surface area contributed by atoms with Gasteiger partial charge in [0, 0.05) is 76.4 Å². The molecular weight excluding hydrogens is 652 g/mol. The second-order valence-electron chi connectivity index (χ2n) is 16.3. The van der Waals surface area contributed by atoms with Crippen LogP contribution in [0.2, 0.25) is 0 Å². The van der Waals surface area contributed by atoms with Crippen LogP contribution in [-0.2, 0) is 37.3 Å². The van der Waals surface area contributed by atoms with Crippen LogP contribution >= 0.6 is 0 Å². The molecule has 2 aromatic carbocycles. The summed E-state index contributed by atoms with van der Waals surface area (Å²) in [5.74, 6) is 1.11. The van der Waals surface area contributed by atoms with Gasteiger partial charge in [-0.3, -0.25) is 19.4 Å². The lowest BCUT2D eigenvalue weighted by molar-refractivity contribution is -0.162. The van der Waals surface area contributed by atoms with E-state index in [0.717, 1.165) is 85.2 Å². The van der Waals surface area contributed by atoms with Crippen molar-refractivity contribution in [2.24, 2.45) is 23.7 Å². The third-order valence-electron chi connectivity index (χ3n) is 14.1. The minimum Gasteiger partial charge on any atom is -0.496 e. The normalized spacial score (nSPS) is 33.2. The quantitative estimate of drug-likeness (QED) is 0.181. The van der Waals surface area contributed by atoms with Gasteiger partial charge in [-0.1, -0.05) is 43.2 Å². The van der Waals surface area contributed by atoms with Crippen molar-refractivity contribution in [2.45, 2.75) is 75.8 Å². The zero-order valence-electron chi connectivity index (χ0n) is 31.4. The Morgan fingerprint density at radius 1 is 1.02 bits per heavy atom. The van der Waals surface area contributed by atoms with Crippen molar-refractivity contribution < 1.29 is 23.8 Å². The van der Waals surface area contributed by atoms with E-state index in [-0.39, 0.29) is 41.8 Å². The third kappa shape index (κ3) is 4.67. The third-order valence-corrected chi connectivity index (χ3v) is 14.1. The number of likely N-dealkylation sites (tertiary alicyclic amines) is 1. The molecule has 2 aromatic heterocycles. The molecule has 2 aliphatic carbocycles. The van der Waals surface area contributed by atoms with Crippen molar-refractivity contribution in [3.63, 3.8) is 0 Å². The number of ether oxygens (including phenoxy) is 3. The lowest BCUT2D eigenvalue weighted by Gasteiger charge is -2.57. The van der Waals surface area contributed by atoms with E-state index in [1.807, 2.05) is 0 Å². The Morgan fingerprint density at radius 2 is 1.85 bits per heavy atom. The number of methoxy groups -OCH3 is 3. The smallest absolute Gasteiger partial charge is 0.319 e. The molecule has 0 radical (unpaired) electrons. The van der Waals surface area contributed by atoms with E-state index in [2.05, 4.69) is 83.1 Å². The molecule has 9 atom stereocenters. The summed E-state index contributed by atoms with van der Waals surface area (Å²) in [7, 11) is 6.99. The Labute approximate surface area is 306 Å². The zero-order valence-corrected chi connectivity index (χ0v) is 31.4. The van der Waals surface area contributed by atoms with Crippen molar-refractivity contribution in [1.82, 2.24) is 19.8 Å². The Bertz CT molecular complexity index is 2110. The monoisotopic (exact) mass is 704 g/mol. The van der Waals surface area contributed by atoms with Gasteiger partial charge in [0.1, 0.15) is 11.2 Å². The topological polar surface area (TPSA) is 99.9 Å². The number of benzene rings is 2. The van der Waals surface area contributed by atoms with Crippen LogP contribution < -0.4 is 4.74 Å². The number of nitrogens with one attached hydrogen (secondary N) is 2. The highest BCUT2D eigenvalue weighted by Crippen LogP contribution is 2.56. The molecule has 9 nitrogen and oxygen atoms in total. The first-order valence-corrected chi connectivity index (χ1v) is 19.3. The Kier molecular flexibility index (Phi) is 8.12. The minimum absolute atomic E-state index is 0.00122. The number of aromatic amines is 2. The highest BCUT2D eigenvalue weighted by atomic mass is 16.5. The summed E-state index contributed by atoms with van der Waals surface area (Å²) in [6, 6.07) is 13.2. The van der Waals surface area contributed by atoms with Crippen LogP contribution in [0, 0.1) is 23.7 Å². The first-order valence-electron chi connectivity index (χ1n) is 19.3. The van der Waals surface area contributed by atoms with E-state index in [0.29, 0.717) is 11.8 Å². The molecule has 0 spiro atoms. The summed E-state index contributed by atoms with van der Waals surface area (Å²) in [6.45, 7) is 7.17. The van der Waals surface area contributed by atoms with Crippen molar-refractivity contribution >= 4 is 33.7 Å². The lowest BCUT2D eigenvalue weighted by Crippen LogP contribution is -2.67. The fourth-order valence-corrected chi connectivity index (χ4v) is 12.1. The fourth-order valence-electron chi connectivity index (χ4n) is 12.1. The van der Waals surface area contributed by atoms with Crippen LogP contribution in [-0.4, -0.2) is 91.8 Å². The Hall–Kier alpha value is -4.08. The maximum atomic E-state index is 14.2. The SMILES string of the molecule is C/C=C1\CN(C)[C@H]2Cc3c([nH]c4ccccc34)[C@@H](c3cc4[nH]c5c(c4cc3OC)CCN3C[C@H]4C[C@H](CC)[C@H]3[C@@]5(C(=O)OC)C4)C[C@H]1C2C(=O)OC. The van der Waals surface area contributed by atoms with Gasteiger partial charge in [0.05, 0.1) is 27.2 Å². The molecule has 6 bridgehead atoms. The average molecular weight is 705 g/mol. The van der Waals surface area contributed by atoms with Gasteiger partial charge in [0.25, 0.3) is 0 Å². The number of carbonyl (C=O) groups is 2. The van der Waals surface area contributed by atoms with Crippen molar-refractivity contribution in [2.75, 3.05) is 48.0 Å². The summed E-state index contributed by atoms with van der Waals surface area (Å²) >= 11 is 0. The number of aromatic nitrogens is 2. The Morgan fingerprint density at radius 3 is 2.60 bits per heavy atom. The van der Waals surface area contributed by atoms with E-state index in [4.69, 9.17) is 14.2 Å². The van der Waals surface area contributed by atoms with E-state index >= 15 is 0 Å². The average Bonchev–Trinajstić information content (AvgIpc) is 3.69. The minimum atomic E-state index is -0.725. The van der Waals surface area contributed by atoms with E-state index in [1.165, 1.54) is 41.3 Å². The van der Waals surface area contributed by atoms with Crippen LogP contribution in [0.5, 0.6) is 5.75 Å². The number of rotatable bonds is 5. The Balaban J connectivity index is 1.27. The fraction of sp³-hybridized carbons (Fsp3) is 0.535. The van der Waals surface area contributed by atoms with Crippen LogP contribution in [0.4, 0.5) is 0 Å². The summed E-state index contributed by atoms with van der Waals surface area (Å²) < 4.78 is 17.6. The first kappa shape index (κ1) is 33.7. The number of para-hydroxylation sites is 1. The number of nitrogens with zero attached hydrogens (tertiary/aromatic N) is 2. The van der Waals surface area contributed by atoms with Gasteiger partial charge < -0.3 is 24.2 Å². The molecule has 52 heavy (non-hydrogen) atoms. The number of hydrogen-bond donors (Lipinski definition) is 2. The van der Waals surface area contributed by atoms with E-state index < -0.39 is 5.41 Å². The molecule has 6 heterocycles. The molecule has 6 aliphatic rings. The molecule has 0 amide bonds. The summed E-state index contributed by atoms with van der Waals surface area (Å²) in [6.07, 6.45) is 7.59. The molecule has 3 saturated heterocycles. The van der Waals surface area contributed by atoms with Gasteiger partial charge in [-0.25, -0.2) is 0 Å². The molecule has 1 saturated carbocycles. The predicted octanol–water partition coefficient (Wildman–Crippen LogP) is 6.49. The number of fused-ring (bicyclic) bond motifs is 9. The van der Waals surface area contributed by atoms with Gasteiger partial charge in [-0.05, 0) is 93.2 Å². The van der Waals surface area contributed by atoms with Gasteiger partial charge in [0.15, 0.2) is 0 Å². The maximum Gasteiger partial charge on any atom is 0.319 e. The summed E-state index contributed by atoms with van der Waals surface area (Å²) in [5.41, 5.74) is 8.48. The number of allylic oxidation sites excluding steroid dienone is 1. The van der Waals surface area contributed by atoms with Crippen molar-refractivity contribution in [3.05, 3.63) is 76.1 Å². The second-order valence-corrected chi connectivity index (χ2v) is 16.3. The molecule has 274 valence electrons. The van der Waals surface area contributed by atoms with Crippen LogP contribution in [0.3, 0.4) is 0 Å². The number of esters is 2. The van der Waals surface area contributed by atoms with Gasteiger partial charge in [0.2, 0.25) is 0 Å². The largest absolute Gasteiger partial charge is 0.496 e. The zero-order chi connectivity index (χ0) is 36.1. The highest BCUT2D eigenvalue weighted by Gasteiger charge is 2.62. The molecule has 4 aliphatic heterocycles. The van der Waals surface area contributed by atoms with Crippen LogP contribution in [0.15, 0.2) is 48.0 Å². The number of H-pyrrole nitrogens is 2. The number of likely N-dealkylation sites (N-methyl/N-ethyl adjacent to an activating group) is 1. The standard InChI is InChI=1S/C43H52N4O5/c1-7-24-15-23-20-43(42(49)52-6)39-27(13-14-47(21-23)40(24)43)29-19-36(50-4)30(17-34(29)45-39)31-16-28-25(8-2)22-46(3)35(37(28)41(48)51-5)18-32-26-11-9-10-12-33(26)44-38(31)32/h8-12,17,19,23-24,28,31,35,37,40,44-45H,7,13-16,18,20-22H2,1-6H3/b25-8+/t23-,24-,28+,31+,35-,37?,40-,43+/m0/s1. The summed E-state index contributed by atoms with van der Waals surface area (Å²) in [5, 5.41) is 2.32. The molecule has 10 rings (SSSR count). The first-order chi connectivity index (χ1) is 25.3. The van der Waals surface area contributed by atoms with Gasteiger partial charge in [-0.15, -0.1) is 0 Å². The second kappa shape index (κ2) is 12.5. The molecular formula is C43H52N4O5. The maximum absolute atomic E-state index is 14.2. The van der Waals surface area contributed by atoms with Crippen LogP contribution in [0.25, 0.3) is 21.8 Å². The molecule has 4 fully saturated rings. The van der Waals surface area contributed by atoms with E-state index in [1.54, 1.807) is 14.2 Å². The van der Waals surface area contributed by atoms with E-state index in [9.17, 15) is 9.59 Å². The molecule has 2 N–H and O–H groups in total. The summed E-state index contributed by atoms with van der Waals surface area (Å²) in [4.78, 5) is 40.8. The molecule has 9 heteroatoms. The molecule has 2 unspecified atom stereocenters. The van der Waals surface area contributed by atoms with Crippen molar-refractivity contribution in [1.29, 1.82) is 0 Å². The molecule has 4 aromatic rings. The highest BCUT2D eigenvalue weighted by molar-refractivity contribution is 5.93. The van der Waals surface area contributed by atoms with Crippen molar-refractivity contribution in [3.8, 4) is 5.75 Å². The predicted molar refractivity (Wildman–Crippen MR) is 202 cm³/mol. The van der Waals surface area contributed by atoms with Gasteiger partial charge >= 0.3 is 11.9 Å². The number of hydrogen-bond acceptors (Lipinski definition) is 7.